The molecule has 0 aromatic rings. The molecule has 0 aromatic heterocycles. The molecule has 0 aliphatic carbocycles. The van der Waals surface area contributed by atoms with Crippen molar-refractivity contribution in [3.8, 4) is 0 Å². The number of aliphatic hydroxyl groups excluding tert-OH is 1. The van der Waals surface area contributed by atoms with Crippen LogP contribution in [0.2, 0.25) is 0 Å². The monoisotopic (exact) mass is 232 g/mol. The summed E-state index contributed by atoms with van der Waals surface area (Å²) in [6, 6.07) is -0.920. The van der Waals surface area contributed by atoms with Crippen molar-refractivity contribution >= 4 is 11.9 Å². The molecule has 0 heterocycles. The van der Waals surface area contributed by atoms with Gasteiger partial charge in [0.25, 0.3) is 0 Å². The molecule has 4 N–H and O–H groups in total. The average Bonchev–Trinajstić information content (AvgIpc) is 2.21. The molecule has 0 saturated heterocycles. The van der Waals surface area contributed by atoms with Crippen LogP contribution in [-0.4, -0.2) is 47.3 Å². The van der Waals surface area contributed by atoms with Crippen LogP contribution >= 0.6 is 0 Å². The van der Waals surface area contributed by atoms with Gasteiger partial charge < -0.3 is 20.8 Å². The summed E-state index contributed by atoms with van der Waals surface area (Å²) in [6.45, 7) is 3.84. The lowest BCUT2D eigenvalue weighted by molar-refractivity contribution is -0.141. The number of nitrogens with one attached hydrogen (secondary N) is 2. The molecule has 0 bridgehead atoms. The highest BCUT2D eigenvalue weighted by Crippen LogP contribution is 1.94. The fourth-order valence-corrected chi connectivity index (χ4v) is 1.16. The maximum atomic E-state index is 10.7. The van der Waals surface area contributed by atoms with Crippen molar-refractivity contribution in [2.24, 2.45) is 0 Å². The largest absolute Gasteiger partial charge is 0.480 e. The van der Waals surface area contributed by atoms with Gasteiger partial charge in [-0.2, -0.15) is 0 Å². The van der Waals surface area contributed by atoms with E-state index in [4.69, 9.17) is 5.11 Å². The molecule has 0 spiro atoms. The zero-order chi connectivity index (χ0) is 12.6. The first-order valence-corrected chi connectivity index (χ1v) is 5.36. The van der Waals surface area contributed by atoms with Gasteiger partial charge in [-0.15, -0.1) is 0 Å². The number of carbonyl (C=O) groups is 2. The molecule has 0 aromatic carbocycles. The first-order valence-electron chi connectivity index (χ1n) is 5.36. The van der Waals surface area contributed by atoms with E-state index < -0.39 is 12.0 Å². The summed E-state index contributed by atoms with van der Waals surface area (Å²) >= 11 is 0. The minimum atomic E-state index is -1.07. The van der Waals surface area contributed by atoms with Gasteiger partial charge in [-0.3, -0.25) is 4.79 Å². The highest BCUT2D eigenvalue weighted by Gasteiger charge is 2.17. The van der Waals surface area contributed by atoms with Crippen LogP contribution in [0.15, 0.2) is 0 Å². The van der Waals surface area contributed by atoms with Gasteiger partial charge in [-0.25, -0.2) is 4.79 Å². The SMILES string of the molecule is CCC(O)CCNCC(NC(C)=O)C(=O)O. The molecule has 0 aliphatic rings. The predicted octanol–water partition coefficient (Wildman–Crippen LogP) is -0.674. The van der Waals surface area contributed by atoms with Crippen LogP contribution in [0, 0.1) is 0 Å². The Kier molecular flexibility index (Phi) is 7.49. The zero-order valence-electron chi connectivity index (χ0n) is 9.69. The molecule has 16 heavy (non-hydrogen) atoms. The fourth-order valence-electron chi connectivity index (χ4n) is 1.16. The van der Waals surface area contributed by atoms with Gasteiger partial charge in [-0.1, -0.05) is 6.92 Å². The lowest BCUT2D eigenvalue weighted by Gasteiger charge is -2.14. The van der Waals surface area contributed by atoms with Gasteiger partial charge >= 0.3 is 5.97 Å². The molecule has 6 heteroatoms. The second-order valence-corrected chi connectivity index (χ2v) is 3.65. The number of aliphatic hydroxyl groups is 1. The third-order valence-corrected chi connectivity index (χ3v) is 2.15. The summed E-state index contributed by atoms with van der Waals surface area (Å²) in [6.07, 6.45) is 0.884. The van der Waals surface area contributed by atoms with Crippen molar-refractivity contribution in [1.29, 1.82) is 0 Å². The molecule has 94 valence electrons. The van der Waals surface area contributed by atoms with Crippen LogP contribution in [0.5, 0.6) is 0 Å². The summed E-state index contributed by atoms with van der Waals surface area (Å²) in [4.78, 5) is 21.4. The first kappa shape index (κ1) is 14.9. The lowest BCUT2D eigenvalue weighted by atomic mass is 10.2. The Bertz CT molecular complexity index is 233. The molecule has 0 saturated carbocycles. The molecular weight excluding hydrogens is 212 g/mol. The summed E-state index contributed by atoms with van der Waals surface area (Å²) in [7, 11) is 0. The highest BCUT2D eigenvalue weighted by atomic mass is 16.4. The first-order chi connectivity index (χ1) is 7.47. The maximum absolute atomic E-state index is 10.7. The topological polar surface area (TPSA) is 98.7 Å². The van der Waals surface area contributed by atoms with Crippen LogP contribution in [0.3, 0.4) is 0 Å². The molecule has 1 amide bonds. The number of carbonyl (C=O) groups excluding carboxylic acids is 1. The molecule has 6 nitrogen and oxygen atoms in total. The van der Waals surface area contributed by atoms with Gasteiger partial charge in [0.05, 0.1) is 6.10 Å². The Hall–Kier alpha value is -1.14. The Morgan fingerprint density at radius 3 is 2.44 bits per heavy atom. The number of rotatable bonds is 8. The van der Waals surface area contributed by atoms with E-state index in [0.29, 0.717) is 19.4 Å². The summed E-state index contributed by atoms with van der Waals surface area (Å²) in [5.74, 6) is -1.44. The smallest absolute Gasteiger partial charge is 0.327 e. The number of carboxylic acids is 1. The molecule has 0 aliphatic heterocycles. The number of amides is 1. The van der Waals surface area contributed by atoms with E-state index in [2.05, 4.69) is 10.6 Å². The van der Waals surface area contributed by atoms with Crippen LogP contribution in [0.25, 0.3) is 0 Å². The lowest BCUT2D eigenvalue weighted by Crippen LogP contribution is -2.46. The average molecular weight is 232 g/mol. The third-order valence-electron chi connectivity index (χ3n) is 2.15. The van der Waals surface area contributed by atoms with E-state index in [0.717, 1.165) is 0 Å². The van der Waals surface area contributed by atoms with E-state index in [1.54, 1.807) is 0 Å². The number of aliphatic carboxylic acids is 1. The van der Waals surface area contributed by atoms with Crippen molar-refractivity contribution in [1.82, 2.24) is 10.6 Å². The third kappa shape index (κ3) is 7.19. The molecule has 0 rings (SSSR count). The van der Waals surface area contributed by atoms with E-state index in [1.165, 1.54) is 6.92 Å². The minimum Gasteiger partial charge on any atom is -0.480 e. The van der Waals surface area contributed by atoms with Gasteiger partial charge in [-0.05, 0) is 19.4 Å². The van der Waals surface area contributed by atoms with E-state index in [-0.39, 0.29) is 18.6 Å². The van der Waals surface area contributed by atoms with Gasteiger partial charge in [0.15, 0.2) is 0 Å². The quantitative estimate of drug-likeness (QED) is 0.416. The Labute approximate surface area is 95.0 Å². The number of hydrogen-bond acceptors (Lipinski definition) is 4. The predicted molar refractivity (Wildman–Crippen MR) is 59.0 cm³/mol. The maximum Gasteiger partial charge on any atom is 0.327 e. The summed E-state index contributed by atoms with van der Waals surface area (Å²) < 4.78 is 0. The van der Waals surface area contributed by atoms with Crippen molar-refractivity contribution < 1.29 is 19.8 Å². The molecule has 0 fully saturated rings. The summed E-state index contributed by atoms with van der Waals surface area (Å²) in [5, 5.41) is 23.2. The highest BCUT2D eigenvalue weighted by molar-refractivity contribution is 5.82. The number of hydrogen-bond donors (Lipinski definition) is 4. The van der Waals surface area contributed by atoms with Crippen LogP contribution in [0.1, 0.15) is 26.7 Å². The van der Waals surface area contributed by atoms with Gasteiger partial charge in [0.1, 0.15) is 6.04 Å². The number of carboxylic acid groups (broad SMARTS) is 1. The molecule has 2 atom stereocenters. The van der Waals surface area contributed by atoms with E-state index >= 15 is 0 Å². The Balaban J connectivity index is 3.77. The van der Waals surface area contributed by atoms with Gasteiger partial charge in [0.2, 0.25) is 5.91 Å². The van der Waals surface area contributed by atoms with E-state index in [9.17, 15) is 14.7 Å². The second-order valence-electron chi connectivity index (χ2n) is 3.65. The molecule has 2 unspecified atom stereocenters. The van der Waals surface area contributed by atoms with Crippen LogP contribution in [0.4, 0.5) is 0 Å². The van der Waals surface area contributed by atoms with Crippen molar-refractivity contribution in [2.45, 2.75) is 38.8 Å². The van der Waals surface area contributed by atoms with Crippen molar-refractivity contribution in [2.75, 3.05) is 13.1 Å². The van der Waals surface area contributed by atoms with Crippen LogP contribution in [-0.2, 0) is 9.59 Å². The minimum absolute atomic E-state index is 0.158. The van der Waals surface area contributed by atoms with Gasteiger partial charge in [0, 0.05) is 13.5 Å². The Morgan fingerprint density at radius 1 is 1.38 bits per heavy atom. The van der Waals surface area contributed by atoms with E-state index in [1.807, 2.05) is 6.92 Å². The summed E-state index contributed by atoms with van der Waals surface area (Å²) in [5.41, 5.74) is 0. The van der Waals surface area contributed by atoms with Crippen molar-refractivity contribution in [3.63, 3.8) is 0 Å². The normalized spacial score (nSPS) is 14.2. The zero-order valence-corrected chi connectivity index (χ0v) is 9.69. The van der Waals surface area contributed by atoms with Crippen molar-refractivity contribution in [3.05, 3.63) is 0 Å². The van der Waals surface area contributed by atoms with Crippen LogP contribution < -0.4 is 10.6 Å². The Morgan fingerprint density at radius 2 is 2.00 bits per heavy atom. The fraction of sp³-hybridized carbons (Fsp3) is 0.800. The molecular formula is C10H20N2O4. The molecule has 0 radical (unpaired) electrons. The standard InChI is InChI=1S/C10H20N2O4/c1-3-8(14)4-5-11-6-9(10(15)16)12-7(2)13/h8-9,11,14H,3-6H2,1-2H3,(H,12,13)(H,15,16). The second kappa shape index (κ2) is 8.06.